The Bertz CT molecular complexity index is 731. The van der Waals surface area contributed by atoms with E-state index >= 15 is 0 Å². The first-order valence-corrected chi connectivity index (χ1v) is 8.97. The zero-order valence-electron chi connectivity index (χ0n) is 14.3. The molecule has 8 heteroatoms. The smallest absolute Gasteiger partial charge is 0.396 e. The Labute approximate surface area is 154 Å². The van der Waals surface area contributed by atoms with Crippen molar-refractivity contribution in [3.8, 4) is 0 Å². The van der Waals surface area contributed by atoms with Crippen LogP contribution in [0.5, 0.6) is 0 Å². The molecule has 0 aliphatic heterocycles. The SMILES string of the molecule is Cc1ccc(CN(CCCO)C(=O)NCc2ccccc2C(F)(F)F)s1. The maximum Gasteiger partial charge on any atom is 0.416 e. The van der Waals surface area contributed by atoms with Crippen LogP contribution in [0.15, 0.2) is 36.4 Å². The molecule has 0 bridgehead atoms. The zero-order chi connectivity index (χ0) is 19.2. The number of urea groups is 1. The Kier molecular flexibility index (Phi) is 7.05. The van der Waals surface area contributed by atoms with Gasteiger partial charge in [-0.1, -0.05) is 18.2 Å². The van der Waals surface area contributed by atoms with Crippen LogP contribution in [0, 0.1) is 6.92 Å². The van der Waals surface area contributed by atoms with Crippen LogP contribution in [0.3, 0.4) is 0 Å². The van der Waals surface area contributed by atoms with Gasteiger partial charge >= 0.3 is 12.2 Å². The molecule has 0 saturated carbocycles. The van der Waals surface area contributed by atoms with Gasteiger partial charge in [0.05, 0.1) is 12.1 Å². The summed E-state index contributed by atoms with van der Waals surface area (Å²) in [6.07, 6.45) is -4.07. The van der Waals surface area contributed by atoms with E-state index in [-0.39, 0.29) is 18.7 Å². The van der Waals surface area contributed by atoms with Gasteiger partial charge in [-0.2, -0.15) is 13.2 Å². The quantitative estimate of drug-likeness (QED) is 0.750. The largest absolute Gasteiger partial charge is 0.416 e. The minimum Gasteiger partial charge on any atom is -0.396 e. The van der Waals surface area contributed by atoms with E-state index in [0.717, 1.165) is 15.8 Å². The summed E-state index contributed by atoms with van der Waals surface area (Å²) in [5, 5.41) is 11.6. The molecule has 0 spiro atoms. The molecular weight excluding hydrogens is 365 g/mol. The Morgan fingerprint density at radius 1 is 1.23 bits per heavy atom. The molecule has 0 radical (unpaired) electrons. The number of aryl methyl sites for hydroxylation is 1. The van der Waals surface area contributed by atoms with E-state index < -0.39 is 17.8 Å². The molecule has 0 unspecified atom stereocenters. The number of aliphatic hydroxyl groups is 1. The lowest BCUT2D eigenvalue weighted by atomic mass is 10.1. The number of aliphatic hydroxyl groups excluding tert-OH is 1. The molecule has 0 fully saturated rings. The van der Waals surface area contributed by atoms with E-state index in [2.05, 4.69) is 5.32 Å². The van der Waals surface area contributed by atoms with E-state index in [9.17, 15) is 18.0 Å². The molecule has 2 amide bonds. The fraction of sp³-hybridized carbons (Fsp3) is 0.389. The lowest BCUT2D eigenvalue weighted by Crippen LogP contribution is -2.40. The summed E-state index contributed by atoms with van der Waals surface area (Å²) in [5.74, 6) is 0. The first kappa shape index (κ1) is 20.3. The van der Waals surface area contributed by atoms with Crippen molar-refractivity contribution < 1.29 is 23.1 Å². The minimum atomic E-state index is -4.47. The van der Waals surface area contributed by atoms with Crippen molar-refractivity contribution in [2.24, 2.45) is 0 Å². The topological polar surface area (TPSA) is 52.6 Å². The van der Waals surface area contributed by atoms with Gasteiger partial charge < -0.3 is 15.3 Å². The summed E-state index contributed by atoms with van der Waals surface area (Å²) in [6.45, 7) is 2.35. The first-order valence-electron chi connectivity index (χ1n) is 8.15. The van der Waals surface area contributed by atoms with E-state index in [1.54, 1.807) is 11.3 Å². The Morgan fingerprint density at radius 2 is 1.96 bits per heavy atom. The molecule has 1 aromatic heterocycles. The highest BCUT2D eigenvalue weighted by Gasteiger charge is 2.32. The number of nitrogens with zero attached hydrogens (tertiary/aromatic N) is 1. The number of rotatable bonds is 7. The Morgan fingerprint density at radius 3 is 2.58 bits per heavy atom. The number of benzene rings is 1. The van der Waals surface area contributed by atoms with Crippen molar-refractivity contribution in [1.29, 1.82) is 0 Å². The lowest BCUT2D eigenvalue weighted by Gasteiger charge is -2.23. The number of nitrogens with one attached hydrogen (secondary N) is 1. The van der Waals surface area contributed by atoms with E-state index in [1.165, 1.54) is 23.1 Å². The zero-order valence-corrected chi connectivity index (χ0v) is 15.2. The van der Waals surface area contributed by atoms with Crippen LogP contribution >= 0.6 is 11.3 Å². The molecule has 1 aromatic carbocycles. The summed E-state index contributed by atoms with van der Waals surface area (Å²) < 4.78 is 39.1. The van der Waals surface area contributed by atoms with Gasteiger partial charge in [0.1, 0.15) is 0 Å². The molecule has 142 valence electrons. The summed E-state index contributed by atoms with van der Waals surface area (Å²) in [6, 6.07) is 8.58. The van der Waals surface area contributed by atoms with Gasteiger partial charge in [0.2, 0.25) is 0 Å². The third-order valence-electron chi connectivity index (χ3n) is 3.77. The van der Waals surface area contributed by atoms with Gasteiger partial charge in [-0.25, -0.2) is 4.79 Å². The van der Waals surface area contributed by atoms with Crippen LogP contribution in [-0.4, -0.2) is 29.2 Å². The van der Waals surface area contributed by atoms with Crippen LogP contribution in [0.2, 0.25) is 0 Å². The van der Waals surface area contributed by atoms with Crippen molar-refractivity contribution in [2.45, 2.75) is 32.6 Å². The number of carbonyl (C=O) groups excluding carboxylic acids is 1. The summed E-state index contributed by atoms with van der Waals surface area (Å²) in [5.41, 5.74) is -0.737. The highest BCUT2D eigenvalue weighted by Crippen LogP contribution is 2.31. The number of carbonyl (C=O) groups is 1. The fourth-order valence-electron chi connectivity index (χ4n) is 2.51. The predicted molar refractivity (Wildman–Crippen MR) is 94.8 cm³/mol. The molecule has 0 aliphatic rings. The molecule has 2 N–H and O–H groups in total. The second kappa shape index (κ2) is 9.05. The van der Waals surface area contributed by atoms with Crippen LogP contribution in [-0.2, 0) is 19.3 Å². The van der Waals surface area contributed by atoms with Gasteiger partial charge in [0, 0.05) is 29.5 Å². The number of amides is 2. The third kappa shape index (κ3) is 5.74. The van der Waals surface area contributed by atoms with Gasteiger partial charge in [0.25, 0.3) is 0 Å². The number of halogens is 3. The standard InChI is InChI=1S/C18H21F3N2O2S/c1-13-7-8-15(26-13)12-23(9-4-10-24)17(25)22-11-14-5-2-3-6-16(14)18(19,20)21/h2-3,5-8,24H,4,9-12H2,1H3,(H,22,25). The predicted octanol–water partition coefficient (Wildman–Crippen LogP) is 4.17. The van der Waals surface area contributed by atoms with Crippen molar-refractivity contribution >= 4 is 17.4 Å². The molecule has 1 heterocycles. The van der Waals surface area contributed by atoms with Gasteiger partial charge in [-0.15, -0.1) is 11.3 Å². The summed E-state index contributed by atoms with van der Waals surface area (Å²) in [4.78, 5) is 16.0. The van der Waals surface area contributed by atoms with Crippen molar-refractivity contribution in [1.82, 2.24) is 10.2 Å². The second-order valence-electron chi connectivity index (χ2n) is 5.82. The molecule has 0 saturated heterocycles. The van der Waals surface area contributed by atoms with Gasteiger partial charge in [-0.3, -0.25) is 0 Å². The Hall–Kier alpha value is -2.06. The molecular formula is C18H21F3N2O2S. The molecule has 2 aromatic rings. The molecule has 26 heavy (non-hydrogen) atoms. The number of thiophene rings is 1. The highest BCUT2D eigenvalue weighted by atomic mass is 32.1. The van der Waals surface area contributed by atoms with E-state index in [4.69, 9.17) is 5.11 Å². The van der Waals surface area contributed by atoms with E-state index in [0.29, 0.717) is 19.5 Å². The first-order chi connectivity index (χ1) is 12.3. The van der Waals surface area contributed by atoms with Crippen LogP contribution in [0.4, 0.5) is 18.0 Å². The summed E-state index contributed by atoms with van der Waals surface area (Å²) in [7, 11) is 0. The van der Waals surface area contributed by atoms with Gasteiger partial charge in [-0.05, 0) is 37.1 Å². The average molecular weight is 386 g/mol. The highest BCUT2D eigenvalue weighted by molar-refractivity contribution is 7.11. The van der Waals surface area contributed by atoms with Crippen molar-refractivity contribution in [2.75, 3.05) is 13.2 Å². The van der Waals surface area contributed by atoms with Crippen molar-refractivity contribution in [3.05, 3.63) is 57.3 Å². The monoisotopic (exact) mass is 386 g/mol. The van der Waals surface area contributed by atoms with Crippen LogP contribution in [0.1, 0.15) is 27.3 Å². The molecule has 4 nitrogen and oxygen atoms in total. The van der Waals surface area contributed by atoms with Crippen LogP contribution in [0.25, 0.3) is 0 Å². The molecule has 2 rings (SSSR count). The van der Waals surface area contributed by atoms with Crippen molar-refractivity contribution in [3.63, 3.8) is 0 Å². The Balaban J connectivity index is 2.05. The maximum atomic E-state index is 13.0. The molecule has 0 atom stereocenters. The van der Waals surface area contributed by atoms with E-state index in [1.807, 2.05) is 19.1 Å². The summed E-state index contributed by atoms with van der Waals surface area (Å²) >= 11 is 1.55. The van der Waals surface area contributed by atoms with Gasteiger partial charge in [0.15, 0.2) is 0 Å². The maximum absolute atomic E-state index is 13.0. The lowest BCUT2D eigenvalue weighted by molar-refractivity contribution is -0.138. The molecule has 0 aliphatic carbocycles. The number of alkyl halides is 3. The number of hydrogen-bond donors (Lipinski definition) is 2. The minimum absolute atomic E-state index is 0.0161. The second-order valence-corrected chi connectivity index (χ2v) is 7.20. The third-order valence-corrected chi connectivity index (χ3v) is 4.75. The van der Waals surface area contributed by atoms with Crippen LogP contribution < -0.4 is 5.32 Å². The fourth-order valence-corrected chi connectivity index (χ4v) is 3.41. The average Bonchev–Trinajstić information content (AvgIpc) is 3.01. The normalized spacial score (nSPS) is 11.4. The number of hydrogen-bond acceptors (Lipinski definition) is 3.